The third-order valence-corrected chi connectivity index (χ3v) is 3.09. The number of hydrogen-bond donors (Lipinski definition) is 6. The second-order valence-electron chi connectivity index (χ2n) is 4.41. The zero-order valence-electron chi connectivity index (χ0n) is 10.0. The Morgan fingerprint density at radius 3 is 2.37 bits per heavy atom. The molecule has 0 spiro atoms. The number of rotatable bonds is 3. The molecule has 0 saturated carbocycles. The van der Waals surface area contributed by atoms with Crippen molar-refractivity contribution in [1.29, 1.82) is 0 Å². The summed E-state index contributed by atoms with van der Waals surface area (Å²) in [4.78, 5) is 0. The molecule has 1 heterocycles. The van der Waals surface area contributed by atoms with E-state index in [4.69, 9.17) is 9.84 Å². The number of benzene rings is 1. The van der Waals surface area contributed by atoms with Gasteiger partial charge in [0.15, 0.2) is 6.23 Å². The Morgan fingerprint density at radius 1 is 1.05 bits per heavy atom. The molecule has 0 unspecified atom stereocenters. The van der Waals surface area contributed by atoms with Crippen molar-refractivity contribution in [2.45, 2.75) is 30.6 Å². The fourth-order valence-corrected chi connectivity index (χ4v) is 1.97. The van der Waals surface area contributed by atoms with Crippen LogP contribution in [0.1, 0.15) is 0 Å². The molecule has 1 aromatic rings. The van der Waals surface area contributed by atoms with E-state index in [1.807, 2.05) is 0 Å². The van der Waals surface area contributed by atoms with Gasteiger partial charge in [0.1, 0.15) is 30.2 Å². The van der Waals surface area contributed by atoms with Crippen molar-refractivity contribution in [3.8, 4) is 5.75 Å². The first-order valence-electron chi connectivity index (χ1n) is 5.89. The Hall–Kier alpha value is -1.38. The van der Waals surface area contributed by atoms with Crippen LogP contribution in [0.2, 0.25) is 0 Å². The van der Waals surface area contributed by atoms with Gasteiger partial charge in [-0.3, -0.25) is 0 Å². The molecular weight excluding hydrogens is 254 g/mol. The minimum atomic E-state index is -1.45. The van der Waals surface area contributed by atoms with Crippen molar-refractivity contribution in [2.24, 2.45) is 0 Å². The molecule has 0 amide bonds. The normalized spacial score (nSPS) is 35.1. The van der Waals surface area contributed by atoms with E-state index >= 15 is 0 Å². The second kappa shape index (κ2) is 5.72. The molecular formula is C12H17NO6. The van der Waals surface area contributed by atoms with E-state index in [1.165, 1.54) is 6.07 Å². The van der Waals surface area contributed by atoms with Crippen molar-refractivity contribution in [3.63, 3.8) is 0 Å². The van der Waals surface area contributed by atoms with E-state index in [2.05, 4.69) is 5.32 Å². The van der Waals surface area contributed by atoms with Gasteiger partial charge in [-0.25, -0.2) is 0 Å². The Balaban J connectivity index is 2.13. The molecule has 1 aromatic carbocycles. The number of phenolic OH excluding ortho intramolecular Hbond substituents is 1. The standard InChI is InChI=1S/C12H17NO6/c14-5-8-9(16)10(17)11(18)12(19-8)13-6-3-1-2-4-7(6)15/h1-4,8-18H,5H2/t8-,9+,10+,11+,12-/m0/s1. The van der Waals surface area contributed by atoms with E-state index in [0.29, 0.717) is 5.69 Å². The van der Waals surface area contributed by atoms with Gasteiger partial charge in [-0.2, -0.15) is 0 Å². The van der Waals surface area contributed by atoms with Crippen LogP contribution in [0.5, 0.6) is 5.75 Å². The van der Waals surface area contributed by atoms with Crippen LogP contribution in [0.25, 0.3) is 0 Å². The molecule has 7 heteroatoms. The molecule has 1 saturated heterocycles. The number of aromatic hydroxyl groups is 1. The Kier molecular flexibility index (Phi) is 4.23. The minimum absolute atomic E-state index is 0.0422. The van der Waals surface area contributed by atoms with Gasteiger partial charge in [0.25, 0.3) is 0 Å². The highest BCUT2D eigenvalue weighted by atomic mass is 16.6. The van der Waals surface area contributed by atoms with Crippen LogP contribution in [0.15, 0.2) is 24.3 Å². The summed E-state index contributed by atoms with van der Waals surface area (Å²) in [5.41, 5.74) is 0.312. The first kappa shape index (κ1) is 14.0. The number of nitrogens with one attached hydrogen (secondary N) is 1. The summed E-state index contributed by atoms with van der Waals surface area (Å²) in [7, 11) is 0. The third-order valence-electron chi connectivity index (χ3n) is 3.09. The van der Waals surface area contributed by atoms with Crippen LogP contribution < -0.4 is 5.32 Å². The maximum absolute atomic E-state index is 9.81. The molecule has 106 valence electrons. The Bertz CT molecular complexity index is 426. The maximum atomic E-state index is 9.81. The summed E-state index contributed by atoms with van der Waals surface area (Å²) in [6, 6.07) is 6.32. The molecule has 1 aliphatic heterocycles. The van der Waals surface area contributed by atoms with Crippen molar-refractivity contribution >= 4 is 5.69 Å². The molecule has 0 radical (unpaired) electrons. The summed E-state index contributed by atoms with van der Waals surface area (Å²) in [5, 5.41) is 50.4. The number of aliphatic hydroxyl groups excluding tert-OH is 4. The van der Waals surface area contributed by atoms with E-state index in [1.54, 1.807) is 18.2 Å². The van der Waals surface area contributed by atoms with Crippen LogP contribution in [-0.4, -0.2) is 62.8 Å². The van der Waals surface area contributed by atoms with Crippen LogP contribution in [0.3, 0.4) is 0 Å². The molecule has 1 aliphatic rings. The Morgan fingerprint density at radius 2 is 1.74 bits per heavy atom. The average Bonchev–Trinajstić information content (AvgIpc) is 2.41. The molecule has 0 aliphatic carbocycles. The van der Waals surface area contributed by atoms with Crippen molar-refractivity contribution in [1.82, 2.24) is 0 Å². The lowest BCUT2D eigenvalue weighted by Crippen LogP contribution is -2.60. The van der Waals surface area contributed by atoms with E-state index < -0.39 is 37.3 Å². The quantitative estimate of drug-likeness (QED) is 0.374. The fraction of sp³-hybridized carbons (Fsp3) is 0.500. The number of phenols is 1. The second-order valence-corrected chi connectivity index (χ2v) is 4.41. The van der Waals surface area contributed by atoms with Gasteiger partial charge >= 0.3 is 0 Å². The first-order chi connectivity index (χ1) is 9.04. The maximum Gasteiger partial charge on any atom is 0.157 e. The largest absolute Gasteiger partial charge is 0.506 e. The predicted molar refractivity (Wildman–Crippen MR) is 65.5 cm³/mol. The van der Waals surface area contributed by atoms with E-state index in [-0.39, 0.29) is 5.75 Å². The third kappa shape index (κ3) is 2.80. The lowest BCUT2D eigenvalue weighted by atomic mass is 9.98. The summed E-state index contributed by atoms with van der Waals surface area (Å²) in [6.07, 6.45) is -6.28. The highest BCUT2D eigenvalue weighted by Crippen LogP contribution is 2.27. The van der Waals surface area contributed by atoms with Crippen molar-refractivity contribution in [3.05, 3.63) is 24.3 Å². The summed E-state index contributed by atoms with van der Waals surface area (Å²) in [6.45, 7) is -0.496. The number of ether oxygens (including phenoxy) is 1. The SMILES string of the molecule is OC[C@@H]1O[C@H](Nc2ccccc2O)[C@H](O)[C@H](O)[C@@H]1O. The van der Waals surface area contributed by atoms with Gasteiger partial charge < -0.3 is 35.6 Å². The lowest BCUT2D eigenvalue weighted by molar-refractivity contribution is -0.221. The molecule has 0 aromatic heterocycles. The smallest absolute Gasteiger partial charge is 0.157 e. The molecule has 1 fully saturated rings. The highest BCUT2D eigenvalue weighted by Gasteiger charge is 2.43. The van der Waals surface area contributed by atoms with Crippen molar-refractivity contribution in [2.75, 3.05) is 11.9 Å². The predicted octanol–water partition coefficient (Wildman–Crippen LogP) is -1.40. The average molecular weight is 271 g/mol. The molecule has 0 bridgehead atoms. The first-order valence-corrected chi connectivity index (χ1v) is 5.89. The van der Waals surface area contributed by atoms with Gasteiger partial charge in [-0.1, -0.05) is 12.1 Å². The fourth-order valence-electron chi connectivity index (χ4n) is 1.97. The lowest BCUT2D eigenvalue weighted by Gasteiger charge is -2.40. The number of para-hydroxylation sites is 2. The van der Waals surface area contributed by atoms with Gasteiger partial charge in [-0.05, 0) is 12.1 Å². The number of hydrogen-bond acceptors (Lipinski definition) is 7. The summed E-state index contributed by atoms with van der Waals surface area (Å²) in [5.74, 6) is -0.0422. The van der Waals surface area contributed by atoms with Gasteiger partial charge in [-0.15, -0.1) is 0 Å². The summed E-state index contributed by atoms with van der Waals surface area (Å²) >= 11 is 0. The van der Waals surface area contributed by atoms with Crippen LogP contribution in [0, 0.1) is 0 Å². The van der Waals surface area contributed by atoms with Gasteiger partial charge in [0.2, 0.25) is 0 Å². The number of anilines is 1. The zero-order chi connectivity index (χ0) is 14.0. The molecule has 6 N–H and O–H groups in total. The topological polar surface area (TPSA) is 122 Å². The molecule has 7 nitrogen and oxygen atoms in total. The van der Waals surface area contributed by atoms with Gasteiger partial charge in [0.05, 0.1) is 12.3 Å². The highest BCUT2D eigenvalue weighted by molar-refractivity contribution is 5.55. The molecule has 2 rings (SSSR count). The van der Waals surface area contributed by atoms with E-state index in [9.17, 15) is 20.4 Å². The van der Waals surface area contributed by atoms with Gasteiger partial charge in [0, 0.05) is 0 Å². The van der Waals surface area contributed by atoms with Crippen LogP contribution in [0.4, 0.5) is 5.69 Å². The minimum Gasteiger partial charge on any atom is -0.506 e. The van der Waals surface area contributed by atoms with E-state index in [0.717, 1.165) is 0 Å². The monoisotopic (exact) mass is 271 g/mol. The van der Waals surface area contributed by atoms with Crippen molar-refractivity contribution < 1.29 is 30.3 Å². The summed E-state index contributed by atoms with van der Waals surface area (Å²) < 4.78 is 5.26. The Labute approximate surface area is 109 Å². The number of aliphatic hydroxyl groups is 4. The van der Waals surface area contributed by atoms with Crippen LogP contribution in [-0.2, 0) is 4.74 Å². The molecule has 19 heavy (non-hydrogen) atoms. The molecule has 5 atom stereocenters. The zero-order valence-corrected chi connectivity index (χ0v) is 10.0. The van der Waals surface area contributed by atoms with Crippen LogP contribution >= 0.6 is 0 Å².